The zero-order valence-electron chi connectivity index (χ0n) is 22.7. The molecule has 10 nitrogen and oxygen atoms in total. The number of carbonyl (C=O) groups excluding carboxylic acids is 1. The molecule has 1 atom stereocenters. The maximum absolute atomic E-state index is 13.1. The van der Waals surface area contributed by atoms with Crippen LogP contribution in [-0.2, 0) is 11.2 Å². The Kier molecular flexibility index (Phi) is 7.70. The van der Waals surface area contributed by atoms with Gasteiger partial charge in [0.05, 0.1) is 52.4 Å². The lowest BCUT2D eigenvalue weighted by Crippen LogP contribution is -2.37. The summed E-state index contributed by atoms with van der Waals surface area (Å²) in [4.78, 5) is 13.1. The summed E-state index contributed by atoms with van der Waals surface area (Å²) in [5, 5.41) is 12.5. The monoisotopic (exact) mass is 542 g/mol. The minimum atomic E-state index is -0.834. The van der Waals surface area contributed by atoms with E-state index in [1.807, 2.05) is 54.6 Å². The van der Waals surface area contributed by atoms with Crippen LogP contribution in [0, 0.1) is 0 Å². The van der Waals surface area contributed by atoms with Crippen LogP contribution in [0.4, 0.5) is 5.69 Å². The molecule has 0 aliphatic carbocycles. The van der Waals surface area contributed by atoms with Crippen molar-refractivity contribution in [3.8, 4) is 23.0 Å². The molecule has 0 radical (unpaired) electrons. The molecule has 0 saturated heterocycles. The number of para-hydroxylation sites is 1. The lowest BCUT2D eigenvalue weighted by molar-refractivity contribution is -0.117. The maximum atomic E-state index is 13.1. The van der Waals surface area contributed by atoms with Crippen LogP contribution in [0.3, 0.4) is 0 Å². The number of nitrogens with one attached hydrogen (secondary N) is 1. The molecular weight excluding hydrogens is 512 g/mol. The summed E-state index contributed by atoms with van der Waals surface area (Å²) in [6.45, 7) is 0.358. The van der Waals surface area contributed by atoms with Gasteiger partial charge in [-0.3, -0.25) is 4.79 Å². The molecule has 1 amide bonds. The number of azo groups is 1. The van der Waals surface area contributed by atoms with Crippen LogP contribution < -0.4 is 30.0 Å². The van der Waals surface area contributed by atoms with Crippen molar-refractivity contribution in [1.82, 2.24) is 0 Å². The summed E-state index contributed by atoms with van der Waals surface area (Å²) >= 11 is 0. The van der Waals surface area contributed by atoms with Crippen molar-refractivity contribution in [2.75, 3.05) is 40.3 Å². The van der Waals surface area contributed by atoms with Gasteiger partial charge in [-0.15, -0.1) is 0 Å². The first-order valence-electron chi connectivity index (χ1n) is 12.6. The number of anilines is 1. The first-order chi connectivity index (χ1) is 19.4. The van der Waals surface area contributed by atoms with Gasteiger partial charge in [-0.1, -0.05) is 24.3 Å². The third kappa shape index (κ3) is 5.21. The number of rotatable bonds is 10. The number of hydrogen-bond acceptors (Lipinski definition) is 9. The van der Waals surface area contributed by atoms with Crippen LogP contribution in [0.15, 0.2) is 75.3 Å². The predicted molar refractivity (Wildman–Crippen MR) is 152 cm³/mol. The molecule has 206 valence electrons. The molecule has 1 unspecified atom stereocenters. The standard InChI is InChI=1S/C30H30N4O6/c1-36-25-10-9-17(21-16-32-34-28(21)19-13-26(37-2)29(39-4)27(14-19)38-3)12-23(25)33-30(35)22(31)15-20-11-18-7-5-6-8-24(18)40-20/h5-14,22H,15-16,31H2,1-4H3,(H,33,35). The smallest absolute Gasteiger partial charge is 0.241 e. The first kappa shape index (κ1) is 26.8. The topological polar surface area (TPSA) is 130 Å². The number of methoxy groups -OCH3 is 4. The van der Waals surface area contributed by atoms with Crippen molar-refractivity contribution in [3.05, 3.63) is 77.6 Å². The summed E-state index contributed by atoms with van der Waals surface area (Å²) in [6, 6.07) is 17.9. The number of carbonyl (C=O) groups is 1. The van der Waals surface area contributed by atoms with E-state index in [0.717, 1.165) is 27.7 Å². The molecule has 3 aromatic carbocycles. The molecule has 0 spiro atoms. The lowest BCUT2D eigenvalue weighted by atomic mass is 9.99. The van der Waals surface area contributed by atoms with Gasteiger partial charge < -0.3 is 34.4 Å². The molecule has 4 aromatic rings. The second-order valence-corrected chi connectivity index (χ2v) is 9.11. The maximum Gasteiger partial charge on any atom is 0.241 e. The Hall–Kier alpha value is -4.83. The first-order valence-corrected chi connectivity index (χ1v) is 12.6. The van der Waals surface area contributed by atoms with Crippen LogP contribution in [0.2, 0.25) is 0 Å². The molecule has 1 aliphatic heterocycles. The van der Waals surface area contributed by atoms with E-state index in [9.17, 15) is 4.79 Å². The van der Waals surface area contributed by atoms with E-state index in [0.29, 0.717) is 46.7 Å². The Morgan fingerprint density at radius 2 is 1.65 bits per heavy atom. The zero-order chi connectivity index (χ0) is 28.2. The van der Waals surface area contributed by atoms with E-state index in [1.54, 1.807) is 34.5 Å². The van der Waals surface area contributed by atoms with Gasteiger partial charge in [0.2, 0.25) is 11.7 Å². The Morgan fingerprint density at radius 1 is 0.925 bits per heavy atom. The second kappa shape index (κ2) is 11.5. The van der Waals surface area contributed by atoms with Crippen LogP contribution in [0.5, 0.6) is 23.0 Å². The van der Waals surface area contributed by atoms with Crippen LogP contribution >= 0.6 is 0 Å². The van der Waals surface area contributed by atoms with Gasteiger partial charge >= 0.3 is 0 Å². The van der Waals surface area contributed by atoms with E-state index in [1.165, 1.54) is 0 Å². The summed E-state index contributed by atoms with van der Waals surface area (Å²) in [7, 11) is 6.21. The highest BCUT2D eigenvalue weighted by Crippen LogP contribution is 2.43. The van der Waals surface area contributed by atoms with Gasteiger partial charge in [0, 0.05) is 22.9 Å². The van der Waals surface area contributed by atoms with Crippen molar-refractivity contribution in [2.24, 2.45) is 16.0 Å². The highest BCUT2D eigenvalue weighted by atomic mass is 16.5. The van der Waals surface area contributed by atoms with E-state index in [4.69, 9.17) is 29.1 Å². The molecule has 0 saturated carbocycles. The fraction of sp³-hybridized carbons (Fsp3) is 0.233. The van der Waals surface area contributed by atoms with Gasteiger partial charge in [-0.05, 0) is 42.0 Å². The summed E-state index contributed by atoms with van der Waals surface area (Å²) in [5.41, 5.74) is 10.6. The fourth-order valence-corrected chi connectivity index (χ4v) is 4.66. The highest BCUT2D eigenvalue weighted by Gasteiger charge is 2.23. The third-order valence-corrected chi connectivity index (χ3v) is 6.66. The quantitative estimate of drug-likeness (QED) is 0.278. The van der Waals surface area contributed by atoms with Gasteiger partial charge in [-0.2, -0.15) is 10.2 Å². The van der Waals surface area contributed by atoms with E-state index in [-0.39, 0.29) is 12.3 Å². The molecule has 40 heavy (non-hydrogen) atoms. The Bertz CT molecular complexity index is 1570. The fourth-order valence-electron chi connectivity index (χ4n) is 4.66. The van der Waals surface area contributed by atoms with Crippen molar-refractivity contribution in [2.45, 2.75) is 12.5 Å². The number of amides is 1. The predicted octanol–water partition coefficient (Wildman–Crippen LogP) is 5.31. The molecule has 5 rings (SSSR count). The number of benzene rings is 3. The third-order valence-electron chi connectivity index (χ3n) is 6.66. The molecule has 2 heterocycles. The number of nitrogens with two attached hydrogens (primary N) is 1. The molecule has 3 N–H and O–H groups in total. The number of furan rings is 1. The Balaban J connectivity index is 1.43. The van der Waals surface area contributed by atoms with E-state index < -0.39 is 6.04 Å². The largest absolute Gasteiger partial charge is 0.495 e. The molecule has 1 aromatic heterocycles. The average molecular weight is 543 g/mol. The number of ether oxygens (including phenoxy) is 4. The zero-order valence-corrected chi connectivity index (χ0v) is 22.7. The highest BCUT2D eigenvalue weighted by molar-refractivity contribution is 5.98. The molecular formula is C30H30N4O6. The SMILES string of the molecule is COc1ccc(C2=C(c3cc(OC)c(OC)c(OC)c3)N=NC2)cc1NC(=O)C(N)Cc1cc2ccccc2o1. The summed E-state index contributed by atoms with van der Waals surface area (Å²) < 4.78 is 27.8. The normalized spacial score (nSPS) is 13.4. The van der Waals surface area contributed by atoms with E-state index in [2.05, 4.69) is 15.5 Å². The number of nitrogens with zero attached hydrogens (tertiary/aromatic N) is 2. The second-order valence-electron chi connectivity index (χ2n) is 9.11. The van der Waals surface area contributed by atoms with Crippen LogP contribution in [0.25, 0.3) is 22.2 Å². The van der Waals surface area contributed by atoms with Crippen LogP contribution in [-0.4, -0.2) is 46.9 Å². The average Bonchev–Trinajstić information content (AvgIpc) is 3.63. The Morgan fingerprint density at radius 3 is 2.33 bits per heavy atom. The van der Waals surface area contributed by atoms with Crippen molar-refractivity contribution < 1.29 is 28.2 Å². The van der Waals surface area contributed by atoms with Crippen molar-refractivity contribution >= 4 is 33.8 Å². The summed E-state index contributed by atoms with van der Waals surface area (Å²) in [6.07, 6.45) is 0.247. The van der Waals surface area contributed by atoms with Gasteiger partial charge in [0.1, 0.15) is 17.1 Å². The minimum Gasteiger partial charge on any atom is -0.495 e. The molecule has 0 bridgehead atoms. The lowest BCUT2D eigenvalue weighted by Gasteiger charge is -2.16. The molecule has 0 fully saturated rings. The van der Waals surface area contributed by atoms with Crippen molar-refractivity contribution in [3.63, 3.8) is 0 Å². The van der Waals surface area contributed by atoms with E-state index >= 15 is 0 Å². The minimum absolute atomic E-state index is 0.247. The van der Waals surface area contributed by atoms with Crippen molar-refractivity contribution in [1.29, 1.82) is 0 Å². The van der Waals surface area contributed by atoms with Gasteiger partial charge in [0.15, 0.2) is 11.5 Å². The molecule has 1 aliphatic rings. The summed E-state index contributed by atoms with van der Waals surface area (Å²) in [5.74, 6) is 2.27. The Labute approximate surface area is 231 Å². The van der Waals surface area contributed by atoms with Gasteiger partial charge in [-0.25, -0.2) is 0 Å². The van der Waals surface area contributed by atoms with Crippen LogP contribution in [0.1, 0.15) is 16.9 Å². The van der Waals surface area contributed by atoms with Gasteiger partial charge in [0.25, 0.3) is 0 Å². The molecule has 10 heteroatoms. The number of hydrogen-bond donors (Lipinski definition) is 2. The number of fused-ring (bicyclic) bond motifs is 1.